The highest BCUT2D eigenvalue weighted by Gasteiger charge is 2.24. The summed E-state index contributed by atoms with van der Waals surface area (Å²) >= 11 is 0. The molecular formula is C20H21F3N2O3. The molecule has 2 aromatic carbocycles. The molecule has 8 heteroatoms. The molecule has 0 unspecified atom stereocenters. The highest BCUT2D eigenvalue weighted by Crippen LogP contribution is 2.15. The maximum atomic E-state index is 13.0. The highest BCUT2D eigenvalue weighted by molar-refractivity contribution is 5.97. The molecule has 0 bridgehead atoms. The van der Waals surface area contributed by atoms with E-state index in [-0.39, 0.29) is 23.8 Å². The van der Waals surface area contributed by atoms with Crippen molar-refractivity contribution in [2.24, 2.45) is 5.92 Å². The van der Waals surface area contributed by atoms with Gasteiger partial charge in [-0.25, -0.2) is 4.39 Å². The van der Waals surface area contributed by atoms with E-state index < -0.39 is 30.3 Å². The summed E-state index contributed by atoms with van der Waals surface area (Å²) < 4.78 is 41.6. The second kappa shape index (κ2) is 9.77. The van der Waals surface area contributed by atoms with Crippen molar-refractivity contribution in [3.05, 3.63) is 65.5 Å². The summed E-state index contributed by atoms with van der Waals surface area (Å²) in [6.07, 6.45) is 0. The number of amides is 2. The lowest BCUT2D eigenvalue weighted by Crippen LogP contribution is -2.49. The summed E-state index contributed by atoms with van der Waals surface area (Å²) in [5, 5.41) is 5.35. The monoisotopic (exact) mass is 394 g/mol. The molecule has 2 rings (SSSR count). The molecule has 5 nitrogen and oxygen atoms in total. The molecule has 0 fully saturated rings. The fourth-order valence-electron chi connectivity index (χ4n) is 2.45. The van der Waals surface area contributed by atoms with Gasteiger partial charge in [0.25, 0.3) is 5.91 Å². The molecule has 0 aliphatic carbocycles. The van der Waals surface area contributed by atoms with Crippen molar-refractivity contribution < 1.29 is 27.5 Å². The van der Waals surface area contributed by atoms with Gasteiger partial charge in [-0.15, -0.1) is 0 Å². The molecule has 1 atom stereocenters. The molecule has 2 N–H and O–H groups in total. The zero-order chi connectivity index (χ0) is 20.7. The van der Waals surface area contributed by atoms with Gasteiger partial charge in [0.15, 0.2) is 0 Å². The SMILES string of the molecule is CC(C)[C@@H](NC(=O)c1ccc(F)cc1)C(=O)NCc1ccc(OC(F)F)cc1. The standard InChI is InChI=1S/C20H21F3N2O3/c1-12(2)17(25-18(26)14-5-7-15(21)8-6-14)19(27)24-11-13-3-9-16(10-4-13)28-20(22)23/h3-10,12,17,20H,11H2,1-2H3,(H,24,27)(H,25,26)/t17-/m1/s1. The molecule has 28 heavy (non-hydrogen) atoms. The Morgan fingerprint density at radius 1 is 1.00 bits per heavy atom. The Bertz CT molecular complexity index is 793. The van der Waals surface area contributed by atoms with Gasteiger partial charge in [-0.2, -0.15) is 8.78 Å². The first-order chi connectivity index (χ1) is 13.3. The number of carbonyl (C=O) groups excluding carboxylic acids is 2. The third kappa shape index (κ3) is 6.29. The second-order valence-corrected chi connectivity index (χ2v) is 6.44. The maximum absolute atomic E-state index is 13.0. The molecule has 0 saturated carbocycles. The molecule has 0 aliphatic rings. The van der Waals surface area contributed by atoms with Crippen LogP contribution < -0.4 is 15.4 Å². The zero-order valence-electron chi connectivity index (χ0n) is 15.4. The van der Waals surface area contributed by atoms with Gasteiger partial charge in [0.1, 0.15) is 17.6 Å². The fraction of sp³-hybridized carbons (Fsp3) is 0.300. The van der Waals surface area contributed by atoms with Crippen molar-refractivity contribution in [3.8, 4) is 5.75 Å². The van der Waals surface area contributed by atoms with Crippen LogP contribution in [-0.2, 0) is 11.3 Å². The van der Waals surface area contributed by atoms with E-state index in [1.807, 2.05) is 0 Å². The molecule has 2 aromatic rings. The van der Waals surface area contributed by atoms with Gasteiger partial charge in [0.05, 0.1) is 0 Å². The van der Waals surface area contributed by atoms with Gasteiger partial charge < -0.3 is 15.4 Å². The van der Waals surface area contributed by atoms with Crippen molar-refractivity contribution in [1.82, 2.24) is 10.6 Å². The number of hydrogen-bond donors (Lipinski definition) is 2. The summed E-state index contributed by atoms with van der Waals surface area (Å²) in [5.74, 6) is -1.50. The molecule has 0 saturated heterocycles. The smallest absolute Gasteiger partial charge is 0.387 e. The van der Waals surface area contributed by atoms with Crippen molar-refractivity contribution in [3.63, 3.8) is 0 Å². The highest BCUT2D eigenvalue weighted by atomic mass is 19.3. The number of ether oxygens (including phenoxy) is 1. The number of hydrogen-bond acceptors (Lipinski definition) is 3. The first-order valence-corrected chi connectivity index (χ1v) is 8.64. The maximum Gasteiger partial charge on any atom is 0.387 e. The number of carbonyl (C=O) groups is 2. The number of benzene rings is 2. The Balaban J connectivity index is 1.95. The Hall–Kier alpha value is -3.03. The van der Waals surface area contributed by atoms with Gasteiger partial charge in [0, 0.05) is 12.1 Å². The molecule has 0 aromatic heterocycles. The van der Waals surface area contributed by atoms with Crippen LogP contribution in [0.5, 0.6) is 5.75 Å². The van der Waals surface area contributed by atoms with Crippen LogP contribution in [-0.4, -0.2) is 24.5 Å². The molecule has 0 spiro atoms. The van der Waals surface area contributed by atoms with Gasteiger partial charge in [-0.3, -0.25) is 9.59 Å². The lowest BCUT2D eigenvalue weighted by atomic mass is 10.0. The van der Waals surface area contributed by atoms with Crippen LogP contribution in [0.4, 0.5) is 13.2 Å². The average Bonchev–Trinajstić information content (AvgIpc) is 2.65. The molecule has 0 radical (unpaired) electrons. The minimum Gasteiger partial charge on any atom is -0.435 e. The van der Waals surface area contributed by atoms with Gasteiger partial charge in [-0.05, 0) is 47.9 Å². The fourth-order valence-corrected chi connectivity index (χ4v) is 2.45. The van der Waals surface area contributed by atoms with Gasteiger partial charge in [-0.1, -0.05) is 26.0 Å². The van der Waals surface area contributed by atoms with E-state index in [4.69, 9.17) is 0 Å². The second-order valence-electron chi connectivity index (χ2n) is 6.44. The Labute approximate surface area is 160 Å². The van der Waals surface area contributed by atoms with E-state index in [0.717, 1.165) is 0 Å². The third-order valence-corrected chi connectivity index (χ3v) is 3.96. The summed E-state index contributed by atoms with van der Waals surface area (Å²) in [7, 11) is 0. The molecular weight excluding hydrogens is 373 g/mol. The zero-order valence-corrected chi connectivity index (χ0v) is 15.4. The first kappa shape index (κ1) is 21.3. The molecule has 2 amide bonds. The molecule has 0 aliphatic heterocycles. The predicted octanol–water partition coefficient (Wildman–Crippen LogP) is 3.50. The Morgan fingerprint density at radius 3 is 2.14 bits per heavy atom. The summed E-state index contributed by atoms with van der Waals surface area (Å²) in [4.78, 5) is 24.8. The van der Waals surface area contributed by atoms with Crippen molar-refractivity contribution in [2.45, 2.75) is 33.0 Å². The number of alkyl halides is 2. The average molecular weight is 394 g/mol. The topological polar surface area (TPSA) is 67.4 Å². The molecule has 150 valence electrons. The number of halogens is 3. The van der Waals surface area contributed by atoms with Gasteiger partial charge >= 0.3 is 6.61 Å². The third-order valence-electron chi connectivity index (χ3n) is 3.96. The van der Waals surface area contributed by atoms with E-state index >= 15 is 0 Å². The normalized spacial score (nSPS) is 12.0. The Morgan fingerprint density at radius 2 is 1.61 bits per heavy atom. The van der Waals surface area contributed by atoms with Crippen molar-refractivity contribution in [2.75, 3.05) is 0 Å². The van der Waals surface area contributed by atoms with Crippen molar-refractivity contribution in [1.29, 1.82) is 0 Å². The van der Waals surface area contributed by atoms with E-state index in [0.29, 0.717) is 5.56 Å². The number of rotatable bonds is 8. The quantitative estimate of drug-likeness (QED) is 0.720. The van der Waals surface area contributed by atoms with E-state index in [1.54, 1.807) is 26.0 Å². The van der Waals surface area contributed by atoms with Crippen LogP contribution in [0.25, 0.3) is 0 Å². The summed E-state index contributed by atoms with van der Waals surface area (Å²) in [6, 6.07) is 10.1. The lowest BCUT2D eigenvalue weighted by molar-refractivity contribution is -0.124. The lowest BCUT2D eigenvalue weighted by Gasteiger charge is -2.22. The van der Waals surface area contributed by atoms with Crippen LogP contribution in [0, 0.1) is 11.7 Å². The van der Waals surface area contributed by atoms with E-state index in [1.165, 1.54) is 36.4 Å². The summed E-state index contributed by atoms with van der Waals surface area (Å²) in [6.45, 7) is 0.822. The minimum absolute atomic E-state index is 0.0247. The van der Waals surface area contributed by atoms with E-state index in [2.05, 4.69) is 15.4 Å². The minimum atomic E-state index is -2.90. The number of nitrogens with one attached hydrogen (secondary N) is 2. The largest absolute Gasteiger partial charge is 0.435 e. The van der Waals surface area contributed by atoms with Crippen LogP contribution in [0.3, 0.4) is 0 Å². The van der Waals surface area contributed by atoms with Crippen LogP contribution >= 0.6 is 0 Å². The van der Waals surface area contributed by atoms with Gasteiger partial charge in [0.2, 0.25) is 5.91 Å². The predicted molar refractivity (Wildman–Crippen MR) is 97.4 cm³/mol. The van der Waals surface area contributed by atoms with Crippen LogP contribution in [0.1, 0.15) is 29.8 Å². The van der Waals surface area contributed by atoms with Crippen LogP contribution in [0.15, 0.2) is 48.5 Å². The Kier molecular flexibility index (Phi) is 7.43. The molecule has 0 heterocycles. The first-order valence-electron chi connectivity index (χ1n) is 8.64. The van der Waals surface area contributed by atoms with Crippen molar-refractivity contribution >= 4 is 11.8 Å². The van der Waals surface area contributed by atoms with E-state index in [9.17, 15) is 22.8 Å². The summed E-state index contributed by atoms with van der Waals surface area (Å²) in [5.41, 5.74) is 0.928. The van der Waals surface area contributed by atoms with Crippen LogP contribution in [0.2, 0.25) is 0 Å².